The summed E-state index contributed by atoms with van der Waals surface area (Å²) in [7, 11) is 0. The third-order valence-electron chi connectivity index (χ3n) is 2.07. The standard InChI is InChI=1S/C11H10N2OS/c14-12-8-10-4-1-2-6-13(10)9-11-5-3-7-15-11/h1-8H,9H2/p+1. The van der Waals surface area contributed by atoms with Crippen molar-refractivity contribution in [1.29, 1.82) is 0 Å². The monoisotopic (exact) mass is 219 g/mol. The first kappa shape index (κ1) is 9.86. The Kier molecular flexibility index (Phi) is 3.09. The number of aromatic nitrogens is 1. The number of hydrogen-bond acceptors (Lipinski definition) is 3. The highest BCUT2D eigenvalue weighted by atomic mass is 32.1. The van der Waals surface area contributed by atoms with E-state index in [-0.39, 0.29) is 0 Å². The molecule has 0 spiro atoms. The minimum atomic E-state index is 0.805. The second-order valence-electron chi connectivity index (χ2n) is 3.08. The van der Waals surface area contributed by atoms with Crippen LogP contribution in [0.1, 0.15) is 10.6 Å². The van der Waals surface area contributed by atoms with Crippen LogP contribution in [0.25, 0.3) is 0 Å². The van der Waals surface area contributed by atoms with E-state index < -0.39 is 0 Å². The average molecular weight is 219 g/mol. The summed E-state index contributed by atoms with van der Waals surface area (Å²) >= 11 is 1.72. The molecular weight excluding hydrogens is 208 g/mol. The normalized spacial score (nSPS) is 10.9. The van der Waals surface area contributed by atoms with Crippen LogP contribution < -0.4 is 4.57 Å². The molecule has 0 bridgehead atoms. The molecule has 76 valence electrons. The Hall–Kier alpha value is -1.68. The van der Waals surface area contributed by atoms with Crippen LogP contribution in [0.2, 0.25) is 0 Å². The van der Waals surface area contributed by atoms with Crippen LogP contribution in [0.5, 0.6) is 0 Å². The molecule has 0 atom stereocenters. The third kappa shape index (κ3) is 2.41. The zero-order valence-electron chi connectivity index (χ0n) is 8.08. The van der Waals surface area contributed by atoms with E-state index in [2.05, 4.69) is 16.6 Å². The van der Waals surface area contributed by atoms with Crippen molar-refractivity contribution in [2.75, 3.05) is 0 Å². The molecule has 15 heavy (non-hydrogen) atoms. The van der Waals surface area contributed by atoms with Crippen LogP contribution in [-0.4, -0.2) is 11.4 Å². The molecule has 0 radical (unpaired) electrons. The Morgan fingerprint density at radius 2 is 2.27 bits per heavy atom. The van der Waals surface area contributed by atoms with E-state index in [1.165, 1.54) is 11.1 Å². The summed E-state index contributed by atoms with van der Waals surface area (Å²) in [5.41, 5.74) is 0.883. The molecule has 3 nitrogen and oxygen atoms in total. The van der Waals surface area contributed by atoms with E-state index in [9.17, 15) is 0 Å². The average Bonchev–Trinajstić information content (AvgIpc) is 2.74. The quantitative estimate of drug-likeness (QED) is 0.364. The number of oxime groups is 1. The third-order valence-corrected chi connectivity index (χ3v) is 2.93. The van der Waals surface area contributed by atoms with Gasteiger partial charge < -0.3 is 5.21 Å². The van der Waals surface area contributed by atoms with Gasteiger partial charge in [-0.3, -0.25) is 0 Å². The van der Waals surface area contributed by atoms with Gasteiger partial charge in [0.2, 0.25) is 5.69 Å². The van der Waals surface area contributed by atoms with Crippen LogP contribution in [0.15, 0.2) is 47.1 Å². The van der Waals surface area contributed by atoms with Crippen molar-refractivity contribution in [3.8, 4) is 0 Å². The molecule has 2 aromatic rings. The number of pyridine rings is 1. The predicted octanol–water partition coefficient (Wildman–Crippen LogP) is 1.89. The van der Waals surface area contributed by atoms with Gasteiger partial charge in [-0.2, -0.15) is 4.57 Å². The highest BCUT2D eigenvalue weighted by Gasteiger charge is 2.08. The first-order chi connectivity index (χ1) is 7.40. The SMILES string of the molecule is O/N=C/c1cccc[n+]1Cc1cccs1. The Balaban J connectivity index is 2.27. The predicted molar refractivity (Wildman–Crippen MR) is 59.4 cm³/mol. The van der Waals surface area contributed by atoms with Crippen molar-refractivity contribution < 1.29 is 9.77 Å². The summed E-state index contributed by atoms with van der Waals surface area (Å²) in [6.07, 6.45) is 3.41. The number of hydrogen-bond donors (Lipinski definition) is 1. The number of thiophene rings is 1. The zero-order chi connectivity index (χ0) is 10.5. The maximum atomic E-state index is 8.53. The Morgan fingerprint density at radius 3 is 3.00 bits per heavy atom. The second-order valence-corrected chi connectivity index (χ2v) is 4.11. The molecule has 0 amide bonds. The molecule has 2 heterocycles. The van der Waals surface area contributed by atoms with Crippen LogP contribution in [0, 0.1) is 0 Å². The zero-order valence-corrected chi connectivity index (χ0v) is 8.89. The number of rotatable bonds is 3. The molecule has 2 rings (SSSR count). The van der Waals surface area contributed by atoms with Crippen LogP contribution in [0.4, 0.5) is 0 Å². The molecular formula is C11H11N2OS+. The van der Waals surface area contributed by atoms with Gasteiger partial charge in [0.05, 0.1) is 4.88 Å². The largest absolute Gasteiger partial charge is 0.411 e. The summed E-state index contributed by atoms with van der Waals surface area (Å²) < 4.78 is 2.03. The molecule has 0 aromatic carbocycles. The van der Waals surface area contributed by atoms with E-state index >= 15 is 0 Å². The van der Waals surface area contributed by atoms with E-state index in [4.69, 9.17) is 5.21 Å². The van der Waals surface area contributed by atoms with Gasteiger partial charge in [0.25, 0.3) is 0 Å². The topological polar surface area (TPSA) is 36.5 Å². The van der Waals surface area contributed by atoms with E-state index in [0.29, 0.717) is 0 Å². The molecule has 0 saturated heterocycles. The molecule has 0 aliphatic heterocycles. The molecule has 2 aromatic heterocycles. The summed E-state index contributed by atoms with van der Waals surface area (Å²) in [5.74, 6) is 0. The summed E-state index contributed by atoms with van der Waals surface area (Å²) in [6.45, 7) is 0.805. The Labute approximate surface area is 91.9 Å². The minimum absolute atomic E-state index is 0.805. The van der Waals surface area contributed by atoms with E-state index in [1.807, 2.05) is 35.0 Å². The summed E-state index contributed by atoms with van der Waals surface area (Å²) in [5, 5.41) is 13.6. The lowest BCUT2D eigenvalue weighted by Gasteiger charge is -1.97. The minimum Gasteiger partial charge on any atom is -0.411 e. The van der Waals surface area contributed by atoms with Gasteiger partial charge in [0.1, 0.15) is 6.21 Å². The molecule has 0 fully saturated rings. The van der Waals surface area contributed by atoms with Crippen molar-refractivity contribution >= 4 is 17.6 Å². The first-order valence-corrected chi connectivity index (χ1v) is 5.46. The van der Waals surface area contributed by atoms with Gasteiger partial charge >= 0.3 is 0 Å². The van der Waals surface area contributed by atoms with Gasteiger partial charge in [-0.05, 0) is 17.5 Å². The first-order valence-electron chi connectivity index (χ1n) is 4.58. The van der Waals surface area contributed by atoms with E-state index in [0.717, 1.165) is 12.2 Å². The lowest BCUT2D eigenvalue weighted by atomic mass is 10.3. The van der Waals surface area contributed by atoms with Gasteiger partial charge in [0, 0.05) is 12.1 Å². The Morgan fingerprint density at radius 1 is 1.33 bits per heavy atom. The highest BCUT2D eigenvalue weighted by molar-refractivity contribution is 7.09. The lowest BCUT2D eigenvalue weighted by molar-refractivity contribution is -0.688. The fourth-order valence-corrected chi connectivity index (χ4v) is 2.08. The smallest absolute Gasteiger partial charge is 0.227 e. The maximum absolute atomic E-state index is 8.53. The van der Waals surface area contributed by atoms with Crippen LogP contribution in [0.3, 0.4) is 0 Å². The van der Waals surface area contributed by atoms with E-state index in [1.54, 1.807) is 11.3 Å². The van der Waals surface area contributed by atoms with Crippen molar-refractivity contribution in [1.82, 2.24) is 0 Å². The van der Waals surface area contributed by atoms with Gasteiger partial charge in [0.15, 0.2) is 12.7 Å². The summed E-state index contributed by atoms with van der Waals surface area (Å²) in [6, 6.07) is 9.91. The molecule has 4 heteroatoms. The fourth-order valence-electron chi connectivity index (χ4n) is 1.38. The molecule has 0 aliphatic carbocycles. The van der Waals surface area contributed by atoms with Crippen molar-refractivity contribution in [3.63, 3.8) is 0 Å². The fraction of sp³-hybridized carbons (Fsp3) is 0.0909. The van der Waals surface area contributed by atoms with Crippen LogP contribution in [-0.2, 0) is 6.54 Å². The van der Waals surface area contributed by atoms with Crippen molar-refractivity contribution in [2.45, 2.75) is 6.54 Å². The van der Waals surface area contributed by atoms with Gasteiger partial charge in [-0.25, -0.2) is 0 Å². The molecule has 0 aliphatic rings. The highest BCUT2D eigenvalue weighted by Crippen LogP contribution is 2.07. The lowest BCUT2D eigenvalue weighted by Crippen LogP contribution is -2.38. The maximum Gasteiger partial charge on any atom is 0.227 e. The van der Waals surface area contributed by atoms with Gasteiger partial charge in [-0.1, -0.05) is 11.2 Å². The van der Waals surface area contributed by atoms with Gasteiger partial charge in [-0.15, -0.1) is 11.3 Å². The van der Waals surface area contributed by atoms with Crippen LogP contribution >= 0.6 is 11.3 Å². The molecule has 1 N–H and O–H groups in total. The molecule has 0 saturated carbocycles. The Bertz CT molecular complexity index is 451. The second kappa shape index (κ2) is 4.70. The summed E-state index contributed by atoms with van der Waals surface area (Å²) in [4.78, 5) is 1.28. The van der Waals surface area contributed by atoms with Crippen molar-refractivity contribution in [2.24, 2.45) is 5.16 Å². The molecule has 0 unspecified atom stereocenters. The number of nitrogens with zero attached hydrogens (tertiary/aromatic N) is 2. The van der Waals surface area contributed by atoms with Crippen molar-refractivity contribution in [3.05, 3.63) is 52.5 Å².